The van der Waals surface area contributed by atoms with Crippen LogP contribution in [0.15, 0.2) is 35.1 Å². The second kappa shape index (κ2) is 7.12. The van der Waals surface area contributed by atoms with E-state index in [1.807, 2.05) is 18.5 Å². The second-order valence-corrected chi connectivity index (χ2v) is 7.61. The van der Waals surface area contributed by atoms with Crippen LogP contribution in [-0.4, -0.2) is 26.1 Å². The number of nitrogens with zero attached hydrogens (tertiary/aromatic N) is 6. The molecular weight excluding hydrogens is 352 g/mol. The van der Waals surface area contributed by atoms with Crippen molar-refractivity contribution in [2.24, 2.45) is 5.92 Å². The Balaban J connectivity index is 1.46. The standard InChI is InChI=1S/C21H22N6O/c22-12-16-5-6-17(18-13-24-20(28-18)11-15-3-1-2-4-15)21(25-16)27-10-9-26-8-7-23-19(26)14-27/h5-8,13,15H,1-4,9-11,14H2. The van der Waals surface area contributed by atoms with Crippen molar-refractivity contribution in [2.75, 3.05) is 11.4 Å². The highest BCUT2D eigenvalue weighted by Gasteiger charge is 2.24. The molecule has 1 fully saturated rings. The lowest BCUT2D eigenvalue weighted by Crippen LogP contribution is -2.34. The molecule has 1 aliphatic carbocycles. The molecule has 7 heteroatoms. The number of aromatic nitrogens is 4. The van der Waals surface area contributed by atoms with E-state index in [1.54, 1.807) is 12.3 Å². The highest BCUT2D eigenvalue weighted by molar-refractivity contribution is 5.72. The number of hydrogen-bond donors (Lipinski definition) is 0. The van der Waals surface area contributed by atoms with Crippen LogP contribution < -0.4 is 4.90 Å². The van der Waals surface area contributed by atoms with Crippen LogP contribution >= 0.6 is 0 Å². The van der Waals surface area contributed by atoms with Gasteiger partial charge in [0.1, 0.15) is 23.4 Å². The molecule has 0 atom stereocenters. The van der Waals surface area contributed by atoms with Crippen molar-refractivity contribution >= 4 is 5.82 Å². The van der Waals surface area contributed by atoms with Gasteiger partial charge in [-0.1, -0.05) is 12.8 Å². The highest BCUT2D eigenvalue weighted by atomic mass is 16.4. The third-order valence-corrected chi connectivity index (χ3v) is 5.79. The van der Waals surface area contributed by atoms with Gasteiger partial charge in [-0.15, -0.1) is 0 Å². The van der Waals surface area contributed by atoms with E-state index in [9.17, 15) is 5.26 Å². The first kappa shape index (κ1) is 17.0. The minimum absolute atomic E-state index is 0.401. The van der Waals surface area contributed by atoms with Gasteiger partial charge >= 0.3 is 0 Å². The molecule has 1 saturated carbocycles. The molecule has 0 bridgehead atoms. The summed E-state index contributed by atoms with van der Waals surface area (Å²) in [6.45, 7) is 2.31. The van der Waals surface area contributed by atoms with Crippen LogP contribution in [0.25, 0.3) is 11.3 Å². The molecule has 0 radical (unpaired) electrons. The first-order valence-electron chi connectivity index (χ1n) is 9.91. The molecule has 0 aromatic carbocycles. The van der Waals surface area contributed by atoms with Crippen LogP contribution in [0.3, 0.4) is 0 Å². The quantitative estimate of drug-likeness (QED) is 0.694. The van der Waals surface area contributed by atoms with Crippen LogP contribution in [0.1, 0.15) is 43.1 Å². The fraction of sp³-hybridized carbons (Fsp3) is 0.429. The molecule has 1 aliphatic heterocycles. The second-order valence-electron chi connectivity index (χ2n) is 7.61. The van der Waals surface area contributed by atoms with Gasteiger partial charge in [-0.2, -0.15) is 5.26 Å². The lowest BCUT2D eigenvalue weighted by Gasteiger charge is -2.29. The summed E-state index contributed by atoms with van der Waals surface area (Å²) in [7, 11) is 0. The van der Waals surface area contributed by atoms with Crippen molar-refractivity contribution in [3.63, 3.8) is 0 Å². The maximum Gasteiger partial charge on any atom is 0.195 e. The van der Waals surface area contributed by atoms with Crippen LogP contribution in [0.4, 0.5) is 5.82 Å². The molecule has 3 aromatic rings. The summed E-state index contributed by atoms with van der Waals surface area (Å²) in [4.78, 5) is 15.7. The van der Waals surface area contributed by atoms with Gasteiger partial charge in [0.25, 0.3) is 0 Å². The first-order valence-corrected chi connectivity index (χ1v) is 9.91. The van der Waals surface area contributed by atoms with E-state index in [2.05, 4.69) is 30.5 Å². The topological polar surface area (TPSA) is 83.8 Å². The number of fused-ring (bicyclic) bond motifs is 1. The van der Waals surface area contributed by atoms with Crippen LogP contribution in [-0.2, 0) is 19.5 Å². The van der Waals surface area contributed by atoms with Crippen LogP contribution in [0.2, 0.25) is 0 Å². The molecule has 0 unspecified atom stereocenters. The number of nitriles is 1. The lowest BCUT2D eigenvalue weighted by molar-refractivity contribution is 0.437. The molecule has 28 heavy (non-hydrogen) atoms. The van der Waals surface area contributed by atoms with E-state index in [-0.39, 0.29) is 0 Å². The highest BCUT2D eigenvalue weighted by Crippen LogP contribution is 2.33. The van der Waals surface area contributed by atoms with Gasteiger partial charge < -0.3 is 13.9 Å². The molecule has 142 valence electrons. The van der Waals surface area contributed by atoms with Gasteiger partial charge in [0.15, 0.2) is 11.7 Å². The fourth-order valence-electron chi connectivity index (χ4n) is 4.29. The minimum atomic E-state index is 0.401. The Morgan fingerprint density at radius 1 is 1.18 bits per heavy atom. The molecule has 0 saturated heterocycles. The number of rotatable bonds is 4. The summed E-state index contributed by atoms with van der Waals surface area (Å²) in [5.41, 5.74) is 1.28. The molecule has 7 nitrogen and oxygen atoms in total. The van der Waals surface area contributed by atoms with E-state index in [0.29, 0.717) is 23.9 Å². The van der Waals surface area contributed by atoms with Crippen molar-refractivity contribution in [2.45, 2.75) is 45.2 Å². The SMILES string of the molecule is N#Cc1ccc(-c2cnc(CC3CCCC3)o2)c(N2CCn3ccnc3C2)n1. The smallest absolute Gasteiger partial charge is 0.195 e. The van der Waals surface area contributed by atoms with Gasteiger partial charge in [-0.3, -0.25) is 0 Å². The number of anilines is 1. The fourth-order valence-corrected chi connectivity index (χ4v) is 4.29. The third kappa shape index (κ3) is 3.15. The van der Waals surface area contributed by atoms with E-state index >= 15 is 0 Å². The van der Waals surface area contributed by atoms with Gasteiger partial charge in [0, 0.05) is 31.9 Å². The van der Waals surface area contributed by atoms with E-state index in [0.717, 1.165) is 42.6 Å². The Morgan fingerprint density at radius 3 is 2.93 bits per heavy atom. The van der Waals surface area contributed by atoms with E-state index < -0.39 is 0 Å². The Morgan fingerprint density at radius 2 is 2.07 bits per heavy atom. The van der Waals surface area contributed by atoms with Gasteiger partial charge in [0.2, 0.25) is 0 Å². The number of pyridine rings is 1. The normalized spacial score (nSPS) is 16.9. The Labute approximate surface area is 163 Å². The maximum absolute atomic E-state index is 9.33. The molecule has 4 heterocycles. The number of imidazole rings is 1. The van der Waals surface area contributed by atoms with Gasteiger partial charge in [-0.25, -0.2) is 15.0 Å². The molecule has 0 spiro atoms. The Bertz CT molecular complexity index is 1020. The molecular formula is C21H22N6O. The minimum Gasteiger partial charge on any atom is -0.441 e. The van der Waals surface area contributed by atoms with Crippen LogP contribution in [0.5, 0.6) is 0 Å². The van der Waals surface area contributed by atoms with Gasteiger partial charge in [-0.05, 0) is 30.9 Å². The van der Waals surface area contributed by atoms with Crippen molar-refractivity contribution < 1.29 is 4.42 Å². The summed E-state index contributed by atoms with van der Waals surface area (Å²) in [5, 5.41) is 9.33. The van der Waals surface area contributed by atoms with E-state index in [4.69, 9.17) is 4.42 Å². The zero-order valence-corrected chi connectivity index (χ0v) is 15.7. The zero-order chi connectivity index (χ0) is 18.9. The molecule has 2 aliphatic rings. The average Bonchev–Trinajstić information content (AvgIpc) is 3.49. The Kier molecular flexibility index (Phi) is 4.32. The van der Waals surface area contributed by atoms with E-state index in [1.165, 1.54) is 25.7 Å². The monoisotopic (exact) mass is 374 g/mol. The molecule has 3 aromatic heterocycles. The molecule has 0 amide bonds. The first-order chi connectivity index (χ1) is 13.8. The largest absolute Gasteiger partial charge is 0.441 e. The average molecular weight is 374 g/mol. The maximum atomic E-state index is 9.33. The van der Waals surface area contributed by atoms with Gasteiger partial charge in [0.05, 0.1) is 18.3 Å². The van der Waals surface area contributed by atoms with Crippen molar-refractivity contribution in [1.82, 2.24) is 19.5 Å². The predicted octanol–water partition coefficient (Wildman–Crippen LogP) is 3.56. The predicted molar refractivity (Wildman–Crippen MR) is 103 cm³/mol. The Hall–Kier alpha value is -3.14. The number of hydrogen-bond acceptors (Lipinski definition) is 6. The lowest BCUT2D eigenvalue weighted by atomic mass is 10.0. The summed E-state index contributed by atoms with van der Waals surface area (Å²) in [6, 6.07) is 5.81. The molecule has 5 rings (SSSR count). The molecule has 0 N–H and O–H groups in total. The number of oxazole rings is 1. The van der Waals surface area contributed by atoms with Crippen molar-refractivity contribution in [3.8, 4) is 17.4 Å². The zero-order valence-electron chi connectivity index (χ0n) is 15.7. The third-order valence-electron chi connectivity index (χ3n) is 5.79. The summed E-state index contributed by atoms with van der Waals surface area (Å²) < 4.78 is 8.26. The summed E-state index contributed by atoms with van der Waals surface area (Å²) in [5.74, 6) is 3.96. The van der Waals surface area contributed by atoms with Crippen molar-refractivity contribution in [1.29, 1.82) is 5.26 Å². The summed E-state index contributed by atoms with van der Waals surface area (Å²) in [6.07, 6.45) is 11.7. The van der Waals surface area contributed by atoms with Crippen molar-refractivity contribution in [3.05, 3.63) is 48.1 Å². The van der Waals surface area contributed by atoms with Crippen LogP contribution in [0, 0.1) is 17.2 Å². The summed E-state index contributed by atoms with van der Waals surface area (Å²) >= 11 is 0.